The Morgan fingerprint density at radius 2 is 1.91 bits per heavy atom. The van der Waals surface area contributed by atoms with Gasteiger partial charge in [-0.15, -0.1) is 0 Å². The van der Waals surface area contributed by atoms with Crippen molar-refractivity contribution in [3.63, 3.8) is 0 Å². The fraction of sp³-hybridized carbons (Fsp3) is 0.500. The largest absolute Gasteiger partial charge is 0.501 e. The predicted molar refractivity (Wildman–Crippen MR) is 118 cm³/mol. The molecule has 1 saturated carbocycles. The third-order valence-corrected chi connectivity index (χ3v) is 8.56. The first kappa shape index (κ1) is 23.4. The van der Waals surface area contributed by atoms with E-state index in [2.05, 4.69) is 10.3 Å². The normalized spacial score (nSPS) is 17.3. The number of amides is 1. The summed E-state index contributed by atoms with van der Waals surface area (Å²) in [6, 6.07) is 3.26. The molecule has 1 spiro atoms. The summed E-state index contributed by atoms with van der Waals surface area (Å²) in [5.74, 6) is -1.72. The first-order chi connectivity index (χ1) is 15.6. The van der Waals surface area contributed by atoms with Crippen molar-refractivity contribution >= 4 is 15.9 Å². The van der Waals surface area contributed by atoms with Crippen LogP contribution in [-0.4, -0.2) is 47.4 Å². The lowest BCUT2D eigenvalue weighted by Crippen LogP contribution is -2.41. The van der Waals surface area contributed by atoms with E-state index in [0.29, 0.717) is 12.4 Å². The van der Waals surface area contributed by atoms with Crippen molar-refractivity contribution in [1.29, 1.82) is 0 Å². The summed E-state index contributed by atoms with van der Waals surface area (Å²) in [5.41, 5.74) is -1.11. The number of hydrogen-bond acceptors (Lipinski definition) is 6. The van der Waals surface area contributed by atoms with Gasteiger partial charge in [-0.1, -0.05) is 18.9 Å². The van der Waals surface area contributed by atoms with Crippen LogP contribution in [0.2, 0.25) is 0 Å². The highest BCUT2D eigenvalue weighted by atomic mass is 32.2. The Bertz CT molecular complexity index is 1270. The fourth-order valence-electron chi connectivity index (χ4n) is 4.90. The van der Waals surface area contributed by atoms with Gasteiger partial charge in [0.25, 0.3) is 11.5 Å². The van der Waals surface area contributed by atoms with E-state index < -0.39 is 33.1 Å². The van der Waals surface area contributed by atoms with Gasteiger partial charge in [-0.2, -0.15) is 0 Å². The molecular formula is C22H27FN4O5S. The number of sulfonamides is 1. The Morgan fingerprint density at radius 1 is 1.24 bits per heavy atom. The standard InChI is InChI=1S/C22H27FN4O5S/c1-26(2)33(31,32)16-12-15(23)7-6-14(16)13-24-19(29)17-18(28)20(30)27-11-5-10-22(21(27)25-17)8-3-4-9-22/h6-7,12,28H,3-5,8-11,13H2,1-2H3,(H,24,29). The molecule has 0 saturated heterocycles. The summed E-state index contributed by atoms with van der Waals surface area (Å²) in [6.07, 6.45) is 5.50. The minimum absolute atomic E-state index is 0.167. The van der Waals surface area contributed by atoms with Crippen molar-refractivity contribution in [2.24, 2.45) is 0 Å². The molecule has 11 heteroatoms. The molecule has 2 aromatic rings. The molecule has 0 atom stereocenters. The van der Waals surface area contributed by atoms with Crippen LogP contribution in [0.3, 0.4) is 0 Å². The minimum Gasteiger partial charge on any atom is -0.501 e. The monoisotopic (exact) mass is 478 g/mol. The van der Waals surface area contributed by atoms with Gasteiger partial charge in [0, 0.05) is 32.6 Å². The average molecular weight is 479 g/mol. The Balaban J connectivity index is 1.66. The lowest BCUT2D eigenvalue weighted by molar-refractivity contribution is 0.0940. The average Bonchev–Trinajstić information content (AvgIpc) is 3.24. The number of aromatic hydroxyl groups is 1. The molecule has 4 rings (SSSR count). The first-order valence-electron chi connectivity index (χ1n) is 10.9. The summed E-state index contributed by atoms with van der Waals surface area (Å²) >= 11 is 0. The number of aromatic nitrogens is 2. The Kier molecular flexibility index (Phi) is 6.04. The van der Waals surface area contributed by atoms with Gasteiger partial charge < -0.3 is 10.4 Å². The van der Waals surface area contributed by atoms with Crippen molar-refractivity contribution in [2.75, 3.05) is 14.1 Å². The molecule has 1 amide bonds. The zero-order valence-electron chi connectivity index (χ0n) is 18.6. The van der Waals surface area contributed by atoms with E-state index in [9.17, 15) is 27.5 Å². The van der Waals surface area contributed by atoms with Gasteiger partial charge in [0.15, 0.2) is 5.69 Å². The number of carbonyl (C=O) groups is 1. The van der Waals surface area contributed by atoms with Gasteiger partial charge in [-0.05, 0) is 43.4 Å². The third kappa shape index (κ3) is 4.04. The smallest absolute Gasteiger partial charge is 0.296 e. The van der Waals surface area contributed by atoms with Gasteiger partial charge in [0.2, 0.25) is 15.8 Å². The van der Waals surface area contributed by atoms with Crippen molar-refractivity contribution in [3.8, 4) is 5.75 Å². The van der Waals surface area contributed by atoms with Crippen molar-refractivity contribution in [2.45, 2.75) is 61.9 Å². The topological polar surface area (TPSA) is 122 Å². The second kappa shape index (κ2) is 8.53. The highest BCUT2D eigenvalue weighted by molar-refractivity contribution is 7.89. The quantitative estimate of drug-likeness (QED) is 0.677. The van der Waals surface area contributed by atoms with Crippen molar-refractivity contribution in [3.05, 3.63) is 51.5 Å². The number of benzene rings is 1. The van der Waals surface area contributed by atoms with Crippen molar-refractivity contribution in [1.82, 2.24) is 19.2 Å². The SMILES string of the molecule is CN(C)S(=O)(=O)c1cc(F)ccc1CNC(=O)c1nc2n(c(=O)c1O)CCCC21CCCC1. The van der Waals surface area contributed by atoms with Crippen LogP contribution in [-0.2, 0) is 28.5 Å². The van der Waals surface area contributed by atoms with Crippen LogP contribution in [0.25, 0.3) is 0 Å². The van der Waals surface area contributed by atoms with E-state index in [1.54, 1.807) is 0 Å². The molecule has 2 heterocycles. The molecular weight excluding hydrogens is 451 g/mol. The molecule has 2 N–H and O–H groups in total. The molecule has 2 aliphatic rings. The number of carbonyl (C=O) groups excluding carboxylic acids is 1. The van der Waals surface area contributed by atoms with E-state index in [1.807, 2.05) is 0 Å². The molecule has 1 aromatic carbocycles. The number of hydrogen-bond donors (Lipinski definition) is 2. The maximum Gasteiger partial charge on any atom is 0.296 e. The summed E-state index contributed by atoms with van der Waals surface area (Å²) in [7, 11) is -1.31. The van der Waals surface area contributed by atoms with Crippen LogP contribution < -0.4 is 10.9 Å². The van der Waals surface area contributed by atoms with Gasteiger partial charge in [0.1, 0.15) is 11.6 Å². The summed E-state index contributed by atoms with van der Waals surface area (Å²) in [5, 5.41) is 13.0. The number of fused-ring (bicyclic) bond motifs is 2. The Hall–Kier alpha value is -2.79. The molecule has 0 unspecified atom stereocenters. The lowest BCUT2D eigenvalue weighted by Gasteiger charge is -2.35. The van der Waals surface area contributed by atoms with Crippen LogP contribution in [0.5, 0.6) is 5.75 Å². The second-order valence-electron chi connectivity index (χ2n) is 8.90. The van der Waals surface area contributed by atoms with Gasteiger partial charge in [0.05, 0.1) is 4.90 Å². The van der Waals surface area contributed by atoms with Crippen LogP contribution >= 0.6 is 0 Å². The van der Waals surface area contributed by atoms with E-state index in [4.69, 9.17) is 0 Å². The molecule has 1 aliphatic carbocycles. The van der Waals surface area contributed by atoms with Crippen LogP contribution in [0.15, 0.2) is 27.9 Å². The van der Waals surface area contributed by atoms with E-state index >= 15 is 0 Å². The molecule has 1 fully saturated rings. The maximum absolute atomic E-state index is 13.8. The minimum atomic E-state index is -3.96. The highest BCUT2D eigenvalue weighted by Crippen LogP contribution is 2.45. The number of rotatable bonds is 5. The molecule has 178 valence electrons. The summed E-state index contributed by atoms with van der Waals surface area (Å²) < 4.78 is 41.3. The lowest BCUT2D eigenvalue weighted by atomic mass is 9.78. The predicted octanol–water partition coefficient (Wildman–Crippen LogP) is 1.87. The second-order valence-corrected chi connectivity index (χ2v) is 11.0. The Morgan fingerprint density at radius 3 is 2.58 bits per heavy atom. The molecule has 0 radical (unpaired) electrons. The summed E-state index contributed by atoms with van der Waals surface area (Å²) in [6.45, 7) is 0.186. The number of nitrogens with zero attached hydrogens (tertiary/aromatic N) is 3. The third-order valence-electron chi connectivity index (χ3n) is 6.66. The zero-order valence-corrected chi connectivity index (χ0v) is 19.4. The molecule has 1 aliphatic heterocycles. The zero-order chi connectivity index (χ0) is 24.0. The number of nitrogens with one attached hydrogen (secondary N) is 1. The van der Waals surface area contributed by atoms with Gasteiger partial charge in [-0.25, -0.2) is 22.1 Å². The fourth-order valence-corrected chi connectivity index (χ4v) is 6.02. The van der Waals surface area contributed by atoms with E-state index in [1.165, 1.54) is 24.7 Å². The van der Waals surface area contributed by atoms with Gasteiger partial charge in [-0.3, -0.25) is 14.2 Å². The Labute approximate surface area is 191 Å². The molecule has 9 nitrogen and oxygen atoms in total. The summed E-state index contributed by atoms with van der Waals surface area (Å²) in [4.78, 5) is 29.9. The van der Waals surface area contributed by atoms with E-state index in [0.717, 1.165) is 55.0 Å². The molecule has 33 heavy (non-hydrogen) atoms. The first-order valence-corrected chi connectivity index (χ1v) is 12.3. The van der Waals surface area contributed by atoms with E-state index in [-0.39, 0.29) is 28.1 Å². The van der Waals surface area contributed by atoms with Crippen LogP contribution in [0.4, 0.5) is 4.39 Å². The van der Waals surface area contributed by atoms with Gasteiger partial charge >= 0.3 is 0 Å². The molecule has 1 aromatic heterocycles. The molecule has 0 bridgehead atoms. The maximum atomic E-state index is 13.8. The van der Waals surface area contributed by atoms with Crippen molar-refractivity contribution < 1.29 is 22.7 Å². The van der Waals surface area contributed by atoms with Crippen LogP contribution in [0, 0.1) is 5.82 Å². The number of halogens is 1. The van der Waals surface area contributed by atoms with Crippen LogP contribution in [0.1, 0.15) is 60.4 Å². The highest BCUT2D eigenvalue weighted by Gasteiger charge is 2.42.